The van der Waals surface area contributed by atoms with Gasteiger partial charge in [-0.15, -0.1) is 11.3 Å². The Hall–Kier alpha value is -3.52. The van der Waals surface area contributed by atoms with Crippen molar-refractivity contribution in [3.8, 4) is 5.75 Å². The minimum absolute atomic E-state index is 0.0943. The first kappa shape index (κ1) is 20.7. The molecule has 1 unspecified atom stereocenters. The summed E-state index contributed by atoms with van der Waals surface area (Å²) in [6, 6.07) is 11.3. The summed E-state index contributed by atoms with van der Waals surface area (Å²) < 4.78 is 20.4. The molecule has 1 amide bonds. The van der Waals surface area contributed by atoms with Gasteiger partial charge in [0.1, 0.15) is 23.4 Å². The van der Waals surface area contributed by atoms with E-state index in [1.54, 1.807) is 35.7 Å². The number of ether oxygens (including phenoxy) is 1. The van der Waals surface area contributed by atoms with Gasteiger partial charge in [0, 0.05) is 22.7 Å². The lowest BCUT2D eigenvalue weighted by Gasteiger charge is -2.23. The van der Waals surface area contributed by atoms with Gasteiger partial charge in [0.25, 0.3) is 5.78 Å². The molecule has 1 aliphatic heterocycles. The van der Waals surface area contributed by atoms with E-state index in [0.29, 0.717) is 17.9 Å². The molecule has 1 N–H and O–H groups in total. The molecule has 2 heterocycles. The standard InChI is InChI=1S/C23H19FN2O4S/c1-2-11-30-15-7-5-6-14(13-15)20(27)18-19(16-8-3-4-9-17(16)24)26(22(29)21(18)28)23-25-10-12-31-23/h3-10,12-13,19,27H,2,11H2,1H3. The fraction of sp³-hybridized carbons (Fsp3) is 0.174. The van der Waals surface area contributed by atoms with Gasteiger partial charge in [0.15, 0.2) is 5.13 Å². The number of hydrogen-bond donors (Lipinski definition) is 1. The number of carbonyl (C=O) groups excluding carboxylic acids is 2. The smallest absolute Gasteiger partial charge is 0.301 e. The van der Waals surface area contributed by atoms with E-state index < -0.39 is 29.3 Å². The largest absolute Gasteiger partial charge is 0.507 e. The molecule has 6 nitrogen and oxygen atoms in total. The van der Waals surface area contributed by atoms with Gasteiger partial charge in [-0.05, 0) is 24.6 Å². The van der Waals surface area contributed by atoms with Crippen LogP contribution in [-0.2, 0) is 9.59 Å². The number of thiazole rings is 1. The molecule has 3 aromatic rings. The first-order valence-electron chi connectivity index (χ1n) is 9.71. The van der Waals surface area contributed by atoms with E-state index in [4.69, 9.17) is 4.74 Å². The number of anilines is 1. The second-order valence-corrected chi connectivity index (χ2v) is 7.75. The van der Waals surface area contributed by atoms with Gasteiger partial charge in [-0.2, -0.15) is 0 Å². The van der Waals surface area contributed by atoms with Crippen molar-refractivity contribution in [2.45, 2.75) is 19.4 Å². The number of aliphatic hydroxyl groups excluding tert-OH is 1. The summed E-state index contributed by atoms with van der Waals surface area (Å²) in [5, 5.41) is 13.0. The van der Waals surface area contributed by atoms with E-state index in [2.05, 4.69) is 4.98 Å². The Bertz CT molecular complexity index is 1160. The molecule has 2 aromatic carbocycles. The fourth-order valence-electron chi connectivity index (χ4n) is 3.46. The van der Waals surface area contributed by atoms with Crippen LogP contribution in [0.3, 0.4) is 0 Å². The monoisotopic (exact) mass is 438 g/mol. The molecule has 31 heavy (non-hydrogen) atoms. The summed E-state index contributed by atoms with van der Waals surface area (Å²) in [7, 11) is 0. The number of aliphatic hydroxyl groups is 1. The Morgan fingerprint density at radius 3 is 2.74 bits per heavy atom. The second-order valence-electron chi connectivity index (χ2n) is 6.88. The number of amides is 1. The third kappa shape index (κ3) is 3.82. The van der Waals surface area contributed by atoms with Gasteiger partial charge in [-0.1, -0.05) is 37.3 Å². The molecule has 4 rings (SSSR count). The highest BCUT2D eigenvalue weighted by atomic mass is 32.1. The van der Waals surface area contributed by atoms with Crippen LogP contribution in [0.2, 0.25) is 0 Å². The summed E-state index contributed by atoms with van der Waals surface area (Å²) in [5.41, 5.74) is 0.196. The van der Waals surface area contributed by atoms with Crippen LogP contribution in [0.5, 0.6) is 5.75 Å². The zero-order chi connectivity index (χ0) is 22.0. The van der Waals surface area contributed by atoms with Crippen molar-refractivity contribution >= 4 is 33.9 Å². The molecule has 1 aromatic heterocycles. The summed E-state index contributed by atoms with van der Waals surface area (Å²) in [5.74, 6) is -2.25. The maximum Gasteiger partial charge on any atom is 0.301 e. The summed E-state index contributed by atoms with van der Waals surface area (Å²) in [6.07, 6.45) is 2.30. The minimum Gasteiger partial charge on any atom is -0.507 e. The summed E-state index contributed by atoms with van der Waals surface area (Å²) in [6.45, 7) is 2.46. The Balaban J connectivity index is 1.89. The van der Waals surface area contributed by atoms with Gasteiger partial charge in [-0.3, -0.25) is 14.5 Å². The second kappa shape index (κ2) is 8.69. The highest BCUT2D eigenvalue weighted by Crippen LogP contribution is 2.43. The van der Waals surface area contributed by atoms with Gasteiger partial charge in [-0.25, -0.2) is 9.37 Å². The van der Waals surface area contributed by atoms with E-state index in [1.165, 1.54) is 24.4 Å². The lowest BCUT2D eigenvalue weighted by atomic mass is 9.95. The molecule has 1 saturated heterocycles. The topological polar surface area (TPSA) is 79.7 Å². The number of Topliss-reactive ketones (excluding diaryl/α,β-unsaturated/α-hetero) is 1. The van der Waals surface area contributed by atoms with Gasteiger partial charge >= 0.3 is 5.91 Å². The van der Waals surface area contributed by atoms with E-state index in [0.717, 1.165) is 22.7 Å². The number of rotatable bonds is 6. The molecule has 0 bridgehead atoms. The van der Waals surface area contributed by atoms with Crippen molar-refractivity contribution in [1.29, 1.82) is 0 Å². The fourth-order valence-corrected chi connectivity index (χ4v) is 4.13. The summed E-state index contributed by atoms with van der Waals surface area (Å²) in [4.78, 5) is 31.2. The van der Waals surface area contributed by atoms with Crippen LogP contribution in [0.4, 0.5) is 9.52 Å². The number of ketones is 1. The molecular formula is C23H19FN2O4S. The van der Waals surface area contributed by atoms with Gasteiger partial charge < -0.3 is 9.84 Å². The molecule has 158 valence electrons. The zero-order valence-corrected chi connectivity index (χ0v) is 17.4. The van der Waals surface area contributed by atoms with Crippen molar-refractivity contribution < 1.29 is 23.8 Å². The van der Waals surface area contributed by atoms with Crippen LogP contribution < -0.4 is 9.64 Å². The average molecular weight is 438 g/mol. The van der Waals surface area contributed by atoms with E-state index >= 15 is 0 Å². The lowest BCUT2D eigenvalue weighted by molar-refractivity contribution is -0.132. The SMILES string of the molecule is CCCOc1cccc(C(O)=C2C(=O)C(=O)N(c3nccs3)C2c2ccccc2F)c1. The van der Waals surface area contributed by atoms with Crippen LogP contribution in [0.25, 0.3) is 5.76 Å². The Morgan fingerprint density at radius 1 is 1.23 bits per heavy atom. The van der Waals surface area contributed by atoms with E-state index in [-0.39, 0.29) is 16.3 Å². The maximum absolute atomic E-state index is 14.8. The number of benzene rings is 2. The Morgan fingerprint density at radius 2 is 2.03 bits per heavy atom. The van der Waals surface area contributed by atoms with Crippen molar-refractivity contribution in [3.63, 3.8) is 0 Å². The van der Waals surface area contributed by atoms with Crippen LogP contribution in [0.1, 0.15) is 30.5 Å². The third-order valence-electron chi connectivity index (χ3n) is 4.85. The molecule has 0 saturated carbocycles. The Kier molecular flexibility index (Phi) is 5.81. The zero-order valence-electron chi connectivity index (χ0n) is 16.6. The number of halogens is 1. The molecule has 1 fully saturated rings. The summed E-state index contributed by atoms with van der Waals surface area (Å²) >= 11 is 1.15. The molecule has 0 radical (unpaired) electrons. The molecule has 1 aliphatic rings. The van der Waals surface area contributed by atoms with Crippen molar-refractivity contribution in [3.05, 3.63) is 82.6 Å². The third-order valence-corrected chi connectivity index (χ3v) is 5.62. The van der Waals surface area contributed by atoms with Crippen LogP contribution in [0.15, 0.2) is 65.7 Å². The van der Waals surface area contributed by atoms with Gasteiger partial charge in [0.05, 0.1) is 12.2 Å². The molecule has 8 heteroatoms. The molecule has 0 spiro atoms. The highest BCUT2D eigenvalue weighted by molar-refractivity contribution is 7.14. The highest BCUT2D eigenvalue weighted by Gasteiger charge is 2.48. The first-order chi connectivity index (χ1) is 15.0. The van der Waals surface area contributed by atoms with Crippen LogP contribution in [0, 0.1) is 5.82 Å². The predicted octanol–water partition coefficient (Wildman–Crippen LogP) is 4.70. The van der Waals surface area contributed by atoms with Crippen LogP contribution >= 0.6 is 11.3 Å². The quantitative estimate of drug-likeness (QED) is 0.343. The lowest BCUT2D eigenvalue weighted by Crippen LogP contribution is -2.29. The number of hydrogen-bond acceptors (Lipinski definition) is 6. The molecular weight excluding hydrogens is 419 g/mol. The first-order valence-corrected chi connectivity index (χ1v) is 10.6. The Labute approximate surface area is 182 Å². The molecule has 1 atom stereocenters. The van der Waals surface area contributed by atoms with Crippen molar-refractivity contribution in [2.24, 2.45) is 0 Å². The number of aromatic nitrogens is 1. The maximum atomic E-state index is 14.8. The predicted molar refractivity (Wildman–Crippen MR) is 116 cm³/mol. The van der Waals surface area contributed by atoms with Gasteiger partial charge in [0.2, 0.25) is 0 Å². The molecule has 0 aliphatic carbocycles. The number of nitrogens with zero attached hydrogens (tertiary/aromatic N) is 2. The van der Waals surface area contributed by atoms with E-state index in [9.17, 15) is 19.1 Å². The van der Waals surface area contributed by atoms with E-state index in [1.807, 2.05) is 6.92 Å². The van der Waals surface area contributed by atoms with Crippen molar-refractivity contribution in [1.82, 2.24) is 4.98 Å². The normalized spacial score (nSPS) is 17.9. The van der Waals surface area contributed by atoms with Crippen LogP contribution in [-0.4, -0.2) is 28.4 Å². The number of carbonyl (C=O) groups is 2. The minimum atomic E-state index is -1.15. The van der Waals surface area contributed by atoms with Crippen molar-refractivity contribution in [2.75, 3.05) is 11.5 Å². The average Bonchev–Trinajstić information content (AvgIpc) is 3.39.